The highest BCUT2D eigenvalue weighted by Gasteiger charge is 2.21. The number of hydrogen-bond acceptors (Lipinski definition) is 6. The third kappa shape index (κ3) is 3.44. The van der Waals surface area contributed by atoms with Crippen molar-refractivity contribution in [2.75, 3.05) is 31.2 Å². The molecule has 4 rings (SSSR count). The predicted octanol–water partition coefficient (Wildman–Crippen LogP) is 4.21. The number of fused-ring (bicyclic) bond motifs is 1. The Morgan fingerprint density at radius 1 is 1.15 bits per heavy atom. The van der Waals surface area contributed by atoms with Crippen molar-refractivity contribution < 1.29 is 9.66 Å². The van der Waals surface area contributed by atoms with Crippen molar-refractivity contribution in [1.29, 1.82) is 0 Å². The molecular formula is C19H17N3O3S. The van der Waals surface area contributed by atoms with Gasteiger partial charge in [-0.15, -0.1) is 11.3 Å². The summed E-state index contributed by atoms with van der Waals surface area (Å²) in [5.41, 5.74) is 2.52. The van der Waals surface area contributed by atoms with E-state index < -0.39 is 0 Å². The molecule has 3 aromatic rings. The summed E-state index contributed by atoms with van der Waals surface area (Å²) in [5.74, 6) is 0. The van der Waals surface area contributed by atoms with Crippen LogP contribution < -0.4 is 4.90 Å². The number of nitro benzene ring substituents is 1. The van der Waals surface area contributed by atoms with Gasteiger partial charge in [-0.05, 0) is 29.8 Å². The van der Waals surface area contributed by atoms with Gasteiger partial charge in [-0.3, -0.25) is 10.1 Å². The molecule has 2 aromatic carbocycles. The number of hydrogen-bond donors (Lipinski definition) is 0. The highest BCUT2D eigenvalue weighted by atomic mass is 32.1. The van der Waals surface area contributed by atoms with Crippen molar-refractivity contribution in [3.05, 3.63) is 63.1 Å². The number of nitro groups is 1. The van der Waals surface area contributed by atoms with E-state index >= 15 is 0 Å². The van der Waals surface area contributed by atoms with Crippen molar-refractivity contribution >= 4 is 45.1 Å². The molecule has 0 saturated carbocycles. The number of thiazole rings is 1. The summed E-state index contributed by atoms with van der Waals surface area (Å²) in [6.07, 6.45) is 3.77. The number of para-hydroxylation sites is 1. The largest absolute Gasteiger partial charge is 0.378 e. The lowest BCUT2D eigenvalue weighted by atomic mass is 10.1. The van der Waals surface area contributed by atoms with E-state index in [9.17, 15) is 10.1 Å². The standard InChI is InChI=1S/C19H17N3O3S/c23-22(24)17-13-14(5-7-16(17)21-9-11-25-12-10-21)6-8-19-20-15-3-1-2-4-18(15)26-19/h1-8,13H,9-12H2. The van der Waals surface area contributed by atoms with Crippen molar-refractivity contribution in [1.82, 2.24) is 4.98 Å². The molecule has 7 heteroatoms. The van der Waals surface area contributed by atoms with Gasteiger partial charge in [-0.25, -0.2) is 4.98 Å². The molecule has 132 valence electrons. The monoisotopic (exact) mass is 367 g/mol. The van der Waals surface area contributed by atoms with E-state index in [0.29, 0.717) is 32.0 Å². The van der Waals surface area contributed by atoms with Gasteiger partial charge in [-0.2, -0.15) is 0 Å². The Morgan fingerprint density at radius 2 is 1.96 bits per heavy atom. The van der Waals surface area contributed by atoms with Crippen LogP contribution in [0.4, 0.5) is 11.4 Å². The highest BCUT2D eigenvalue weighted by Crippen LogP contribution is 2.31. The summed E-state index contributed by atoms with van der Waals surface area (Å²) >= 11 is 1.60. The topological polar surface area (TPSA) is 68.5 Å². The van der Waals surface area contributed by atoms with Gasteiger partial charge in [0, 0.05) is 19.2 Å². The van der Waals surface area contributed by atoms with E-state index in [-0.39, 0.29) is 10.6 Å². The number of ether oxygens (including phenoxy) is 1. The minimum Gasteiger partial charge on any atom is -0.378 e. The van der Waals surface area contributed by atoms with E-state index in [1.165, 1.54) is 0 Å². The molecule has 0 unspecified atom stereocenters. The molecule has 1 aliphatic heterocycles. The first-order chi connectivity index (χ1) is 12.7. The highest BCUT2D eigenvalue weighted by molar-refractivity contribution is 7.19. The molecule has 26 heavy (non-hydrogen) atoms. The van der Waals surface area contributed by atoms with Gasteiger partial charge in [0.15, 0.2) is 0 Å². The summed E-state index contributed by atoms with van der Waals surface area (Å²) < 4.78 is 6.46. The number of aromatic nitrogens is 1. The number of anilines is 1. The van der Waals surface area contributed by atoms with E-state index in [1.807, 2.05) is 53.5 Å². The van der Waals surface area contributed by atoms with Gasteiger partial charge in [0.1, 0.15) is 10.7 Å². The minimum absolute atomic E-state index is 0.123. The minimum atomic E-state index is -0.320. The summed E-state index contributed by atoms with van der Waals surface area (Å²) in [6, 6.07) is 13.3. The zero-order chi connectivity index (χ0) is 17.9. The van der Waals surface area contributed by atoms with Crippen LogP contribution in [-0.4, -0.2) is 36.2 Å². The quantitative estimate of drug-likeness (QED) is 0.510. The smallest absolute Gasteiger partial charge is 0.293 e. The number of rotatable bonds is 4. The maximum Gasteiger partial charge on any atom is 0.293 e. The van der Waals surface area contributed by atoms with Gasteiger partial charge in [0.2, 0.25) is 0 Å². The SMILES string of the molecule is O=[N+]([O-])c1cc(C=Cc2nc3ccccc3s2)ccc1N1CCOCC1. The summed E-state index contributed by atoms with van der Waals surface area (Å²) in [6.45, 7) is 2.52. The molecule has 0 aliphatic carbocycles. The second-order valence-electron chi connectivity index (χ2n) is 5.96. The molecule has 2 heterocycles. The number of benzene rings is 2. The van der Waals surface area contributed by atoms with Crippen LogP contribution in [0.2, 0.25) is 0 Å². The van der Waals surface area contributed by atoms with Crippen molar-refractivity contribution in [3.63, 3.8) is 0 Å². The first-order valence-corrected chi connectivity index (χ1v) is 9.17. The number of nitrogens with zero attached hydrogens (tertiary/aromatic N) is 3. The molecule has 0 spiro atoms. The molecule has 1 fully saturated rings. The summed E-state index contributed by atoms with van der Waals surface area (Å²) in [4.78, 5) is 17.8. The fourth-order valence-electron chi connectivity index (χ4n) is 2.99. The van der Waals surface area contributed by atoms with Gasteiger partial charge in [-0.1, -0.05) is 24.3 Å². The second kappa shape index (κ2) is 7.23. The van der Waals surface area contributed by atoms with Gasteiger partial charge < -0.3 is 9.64 Å². The third-order valence-corrected chi connectivity index (χ3v) is 5.28. The fourth-order valence-corrected chi connectivity index (χ4v) is 3.86. The number of morpholine rings is 1. The van der Waals surface area contributed by atoms with Gasteiger partial charge >= 0.3 is 0 Å². The Balaban J connectivity index is 1.61. The zero-order valence-corrected chi connectivity index (χ0v) is 14.8. The normalized spacial score (nSPS) is 15.0. The summed E-state index contributed by atoms with van der Waals surface area (Å²) in [7, 11) is 0. The Hall–Kier alpha value is -2.77. The lowest BCUT2D eigenvalue weighted by molar-refractivity contribution is -0.384. The van der Waals surface area contributed by atoms with Crippen LogP contribution in [0, 0.1) is 10.1 Å². The first kappa shape index (κ1) is 16.7. The maximum atomic E-state index is 11.5. The summed E-state index contributed by atoms with van der Waals surface area (Å²) in [5, 5.41) is 12.4. The molecular weight excluding hydrogens is 350 g/mol. The molecule has 0 atom stereocenters. The van der Waals surface area contributed by atoms with Crippen LogP contribution in [0.25, 0.3) is 22.4 Å². The molecule has 0 N–H and O–H groups in total. The van der Waals surface area contributed by atoms with Crippen molar-refractivity contribution in [2.24, 2.45) is 0 Å². The first-order valence-electron chi connectivity index (χ1n) is 8.35. The van der Waals surface area contributed by atoms with Crippen LogP contribution in [0.1, 0.15) is 10.6 Å². The van der Waals surface area contributed by atoms with Gasteiger partial charge in [0.05, 0.1) is 28.4 Å². The van der Waals surface area contributed by atoms with Crippen LogP contribution in [0.5, 0.6) is 0 Å². The predicted molar refractivity (Wildman–Crippen MR) is 105 cm³/mol. The lowest BCUT2D eigenvalue weighted by Crippen LogP contribution is -2.36. The second-order valence-corrected chi connectivity index (χ2v) is 7.02. The maximum absolute atomic E-state index is 11.5. The molecule has 0 amide bonds. The van der Waals surface area contributed by atoms with Crippen LogP contribution in [-0.2, 0) is 4.74 Å². The molecule has 0 radical (unpaired) electrons. The third-order valence-electron chi connectivity index (χ3n) is 4.28. The van der Waals surface area contributed by atoms with Crippen LogP contribution >= 0.6 is 11.3 Å². The van der Waals surface area contributed by atoms with E-state index in [4.69, 9.17) is 4.74 Å². The molecule has 6 nitrogen and oxygen atoms in total. The Labute approximate surface area is 154 Å². The fraction of sp³-hybridized carbons (Fsp3) is 0.211. The van der Waals surface area contributed by atoms with Crippen molar-refractivity contribution in [3.8, 4) is 0 Å². The van der Waals surface area contributed by atoms with E-state index in [1.54, 1.807) is 17.4 Å². The molecule has 0 bridgehead atoms. The van der Waals surface area contributed by atoms with Crippen LogP contribution in [0.15, 0.2) is 42.5 Å². The van der Waals surface area contributed by atoms with Gasteiger partial charge in [0.25, 0.3) is 5.69 Å². The molecule has 1 aliphatic rings. The van der Waals surface area contributed by atoms with Crippen molar-refractivity contribution in [2.45, 2.75) is 0 Å². The van der Waals surface area contributed by atoms with E-state index in [2.05, 4.69) is 4.98 Å². The Kier molecular flexibility index (Phi) is 4.64. The molecule has 1 aromatic heterocycles. The Bertz CT molecular complexity index is 944. The van der Waals surface area contributed by atoms with E-state index in [0.717, 1.165) is 20.8 Å². The zero-order valence-electron chi connectivity index (χ0n) is 14.0. The average Bonchev–Trinajstić information content (AvgIpc) is 3.10. The average molecular weight is 367 g/mol. The molecule has 1 saturated heterocycles. The lowest BCUT2D eigenvalue weighted by Gasteiger charge is -2.28. The van der Waals surface area contributed by atoms with Crippen LogP contribution in [0.3, 0.4) is 0 Å². The Morgan fingerprint density at radius 3 is 2.73 bits per heavy atom.